The van der Waals surface area contributed by atoms with Gasteiger partial charge < -0.3 is 14.8 Å². The minimum Gasteiger partial charge on any atom is -0.493 e. The van der Waals surface area contributed by atoms with E-state index in [4.69, 9.17) is 21.7 Å². The maximum absolute atomic E-state index is 12.9. The van der Waals surface area contributed by atoms with Gasteiger partial charge >= 0.3 is 6.18 Å². The molecule has 1 aromatic heterocycles. The van der Waals surface area contributed by atoms with Gasteiger partial charge in [0.25, 0.3) is 11.7 Å². The quantitative estimate of drug-likeness (QED) is 0.547. The number of carbonyl (C=O) groups excluding carboxylic acids is 1. The first-order valence-electron chi connectivity index (χ1n) is 7.62. The standard InChI is InChI=1S/C15H16F3N5O3S/c1-3-19-12(24)8-26-10-5-4-9(6-11(10)25-2)7-20-23-13(15(16,17)18)21-22-14(23)27/h4-7H,3,8H2,1-2H3,(H,19,24)(H,22,27)/b20-7-. The molecular weight excluding hydrogens is 387 g/mol. The fourth-order valence-electron chi connectivity index (χ4n) is 1.98. The zero-order valence-corrected chi connectivity index (χ0v) is 15.1. The van der Waals surface area contributed by atoms with Crippen LogP contribution in [0.15, 0.2) is 23.3 Å². The highest BCUT2D eigenvalue weighted by Gasteiger charge is 2.37. The van der Waals surface area contributed by atoms with Gasteiger partial charge in [0, 0.05) is 6.54 Å². The lowest BCUT2D eigenvalue weighted by atomic mass is 10.2. The fourth-order valence-corrected chi connectivity index (χ4v) is 2.16. The average Bonchev–Trinajstić information content (AvgIpc) is 2.99. The van der Waals surface area contributed by atoms with Crippen molar-refractivity contribution < 1.29 is 27.4 Å². The van der Waals surface area contributed by atoms with Crippen LogP contribution in [0, 0.1) is 4.77 Å². The number of ether oxygens (including phenoxy) is 2. The SMILES string of the molecule is CCNC(=O)COc1ccc(/C=N\n2c(C(F)(F)F)n[nH]c2=S)cc1OC. The van der Waals surface area contributed by atoms with Crippen molar-refractivity contribution in [2.45, 2.75) is 13.1 Å². The second-order valence-electron chi connectivity index (χ2n) is 5.06. The number of carbonyl (C=O) groups is 1. The summed E-state index contributed by atoms with van der Waals surface area (Å²) in [6, 6.07) is 4.54. The second-order valence-corrected chi connectivity index (χ2v) is 5.45. The number of hydrogen-bond donors (Lipinski definition) is 2. The Hall–Kier alpha value is -2.89. The van der Waals surface area contributed by atoms with E-state index in [9.17, 15) is 18.0 Å². The molecule has 1 amide bonds. The van der Waals surface area contributed by atoms with Crippen molar-refractivity contribution in [1.29, 1.82) is 0 Å². The third kappa shape index (κ3) is 5.29. The van der Waals surface area contributed by atoms with Crippen LogP contribution in [-0.2, 0) is 11.0 Å². The van der Waals surface area contributed by atoms with Crippen LogP contribution in [0.4, 0.5) is 13.2 Å². The summed E-state index contributed by atoms with van der Waals surface area (Å²) in [6.07, 6.45) is -3.55. The molecule has 8 nitrogen and oxygen atoms in total. The monoisotopic (exact) mass is 403 g/mol. The number of rotatable bonds is 7. The highest BCUT2D eigenvalue weighted by molar-refractivity contribution is 7.71. The number of H-pyrrole nitrogens is 1. The molecule has 0 aliphatic rings. The van der Waals surface area contributed by atoms with Gasteiger partial charge in [-0.1, -0.05) is 0 Å². The number of amides is 1. The summed E-state index contributed by atoms with van der Waals surface area (Å²) in [6.45, 7) is 2.06. The molecule has 0 radical (unpaired) electrons. The normalized spacial score (nSPS) is 11.6. The molecule has 2 aromatic rings. The number of nitrogens with zero attached hydrogens (tertiary/aromatic N) is 3. The second kappa shape index (κ2) is 8.66. The molecular formula is C15H16F3N5O3S. The number of aromatic amines is 1. The van der Waals surface area contributed by atoms with Crippen molar-refractivity contribution >= 4 is 24.3 Å². The van der Waals surface area contributed by atoms with E-state index < -0.39 is 12.0 Å². The van der Waals surface area contributed by atoms with Crippen molar-refractivity contribution in [1.82, 2.24) is 20.2 Å². The summed E-state index contributed by atoms with van der Waals surface area (Å²) in [5.41, 5.74) is 0.424. The number of aromatic nitrogens is 3. The number of likely N-dealkylation sites (N-methyl/N-ethyl adjacent to an activating group) is 1. The first-order valence-corrected chi connectivity index (χ1v) is 8.03. The van der Waals surface area contributed by atoms with Gasteiger partial charge in [0.05, 0.1) is 13.3 Å². The van der Waals surface area contributed by atoms with E-state index in [0.717, 1.165) is 6.21 Å². The Bertz CT molecular complexity index is 892. The van der Waals surface area contributed by atoms with E-state index in [-0.39, 0.29) is 23.0 Å². The van der Waals surface area contributed by atoms with Crippen LogP contribution in [-0.4, -0.2) is 47.3 Å². The lowest BCUT2D eigenvalue weighted by Crippen LogP contribution is -2.28. The Labute approximate surface area is 157 Å². The van der Waals surface area contributed by atoms with Gasteiger partial charge in [-0.15, -0.1) is 5.10 Å². The minimum absolute atomic E-state index is 0.198. The number of halogens is 3. The molecule has 27 heavy (non-hydrogen) atoms. The zero-order valence-electron chi connectivity index (χ0n) is 14.3. The van der Waals surface area contributed by atoms with Crippen LogP contribution in [0.3, 0.4) is 0 Å². The van der Waals surface area contributed by atoms with Gasteiger partial charge in [-0.05, 0) is 42.9 Å². The van der Waals surface area contributed by atoms with Crippen molar-refractivity contribution in [3.63, 3.8) is 0 Å². The first-order chi connectivity index (χ1) is 12.8. The first kappa shape index (κ1) is 20.4. The molecule has 2 N–H and O–H groups in total. The Morgan fingerprint density at radius 3 is 2.81 bits per heavy atom. The number of hydrogen-bond acceptors (Lipinski definition) is 6. The van der Waals surface area contributed by atoms with E-state index >= 15 is 0 Å². The molecule has 0 spiro atoms. The molecule has 0 aliphatic carbocycles. The molecule has 146 valence electrons. The van der Waals surface area contributed by atoms with Gasteiger partial charge in [0.2, 0.25) is 4.77 Å². The molecule has 0 unspecified atom stereocenters. The maximum Gasteiger partial charge on any atom is 0.453 e. The molecule has 1 aromatic carbocycles. The predicted octanol–water partition coefficient (Wildman–Crippen LogP) is 2.37. The Morgan fingerprint density at radius 1 is 1.44 bits per heavy atom. The van der Waals surface area contributed by atoms with Gasteiger partial charge in [-0.3, -0.25) is 4.79 Å². The number of alkyl halides is 3. The van der Waals surface area contributed by atoms with Crippen LogP contribution in [0.5, 0.6) is 11.5 Å². The third-order valence-corrected chi connectivity index (χ3v) is 3.41. The molecule has 0 bridgehead atoms. The average molecular weight is 403 g/mol. The zero-order chi connectivity index (χ0) is 20.0. The van der Waals surface area contributed by atoms with E-state index in [1.54, 1.807) is 6.92 Å². The summed E-state index contributed by atoms with van der Waals surface area (Å²) in [5.74, 6) is -0.969. The summed E-state index contributed by atoms with van der Waals surface area (Å²) >= 11 is 4.76. The molecule has 0 atom stereocenters. The minimum atomic E-state index is -4.71. The summed E-state index contributed by atoms with van der Waals surface area (Å²) in [4.78, 5) is 11.5. The smallest absolute Gasteiger partial charge is 0.453 e. The maximum atomic E-state index is 12.9. The lowest BCUT2D eigenvalue weighted by Gasteiger charge is -2.11. The molecule has 1 heterocycles. The van der Waals surface area contributed by atoms with Crippen molar-refractivity contribution in [3.05, 3.63) is 34.4 Å². The van der Waals surface area contributed by atoms with E-state index in [1.165, 1.54) is 25.3 Å². The third-order valence-electron chi connectivity index (χ3n) is 3.15. The summed E-state index contributed by atoms with van der Waals surface area (Å²) in [7, 11) is 1.39. The molecule has 0 saturated heterocycles. The van der Waals surface area contributed by atoms with E-state index in [1.807, 2.05) is 0 Å². The molecule has 0 fully saturated rings. The van der Waals surface area contributed by atoms with E-state index in [0.29, 0.717) is 22.5 Å². The highest BCUT2D eigenvalue weighted by Crippen LogP contribution is 2.29. The molecule has 12 heteroatoms. The van der Waals surface area contributed by atoms with Gasteiger partial charge in [-0.25, -0.2) is 5.10 Å². The Balaban J connectivity index is 2.21. The van der Waals surface area contributed by atoms with Crippen LogP contribution in [0.25, 0.3) is 0 Å². The summed E-state index contributed by atoms with van der Waals surface area (Å²) < 4.78 is 49.3. The Morgan fingerprint density at radius 2 is 2.19 bits per heavy atom. The molecule has 0 saturated carbocycles. The van der Waals surface area contributed by atoms with Crippen molar-refractivity contribution in [2.24, 2.45) is 5.10 Å². The topological polar surface area (TPSA) is 93.5 Å². The molecule has 2 rings (SSSR count). The predicted molar refractivity (Wildman–Crippen MR) is 92.6 cm³/mol. The fraction of sp³-hybridized carbons (Fsp3) is 0.333. The van der Waals surface area contributed by atoms with E-state index in [2.05, 4.69) is 20.6 Å². The van der Waals surface area contributed by atoms with Crippen molar-refractivity contribution in [3.8, 4) is 11.5 Å². The van der Waals surface area contributed by atoms with Gasteiger partial charge in [0.15, 0.2) is 18.1 Å². The van der Waals surface area contributed by atoms with Crippen LogP contribution in [0.2, 0.25) is 0 Å². The largest absolute Gasteiger partial charge is 0.493 e. The number of nitrogens with one attached hydrogen (secondary N) is 2. The van der Waals surface area contributed by atoms with Crippen molar-refractivity contribution in [2.75, 3.05) is 20.3 Å². The van der Waals surface area contributed by atoms with Gasteiger partial charge in [0.1, 0.15) is 0 Å². The number of methoxy groups -OCH3 is 1. The lowest BCUT2D eigenvalue weighted by molar-refractivity contribution is -0.147. The Kier molecular flexibility index (Phi) is 6.55. The highest BCUT2D eigenvalue weighted by atomic mass is 32.1. The van der Waals surface area contributed by atoms with Crippen LogP contribution in [0.1, 0.15) is 18.3 Å². The number of benzene rings is 1. The molecule has 0 aliphatic heterocycles. The summed E-state index contributed by atoms with van der Waals surface area (Å²) in [5, 5.41) is 11.5. The van der Waals surface area contributed by atoms with Gasteiger partial charge in [-0.2, -0.15) is 22.9 Å². The van der Waals surface area contributed by atoms with Crippen LogP contribution >= 0.6 is 12.2 Å². The van der Waals surface area contributed by atoms with Crippen LogP contribution < -0.4 is 14.8 Å².